The Morgan fingerprint density at radius 1 is 1.33 bits per heavy atom. The number of halogens is 1. The molecule has 4 rings (SSSR count). The number of carbonyl (C=O) groups excluding carboxylic acids is 1. The molecule has 0 unspecified atom stereocenters. The average Bonchev–Trinajstić information content (AvgIpc) is 3.61. The van der Waals surface area contributed by atoms with Crippen LogP contribution in [0.5, 0.6) is 0 Å². The summed E-state index contributed by atoms with van der Waals surface area (Å²) in [6.07, 6.45) is 2.35. The maximum atomic E-state index is 15.4. The third-order valence-electron chi connectivity index (χ3n) is 6.36. The van der Waals surface area contributed by atoms with Gasteiger partial charge >= 0.3 is 0 Å². The van der Waals surface area contributed by atoms with Gasteiger partial charge in [-0.15, -0.1) is 0 Å². The van der Waals surface area contributed by atoms with Crippen molar-refractivity contribution in [3.63, 3.8) is 0 Å². The molecule has 33 heavy (non-hydrogen) atoms. The lowest BCUT2D eigenvalue weighted by molar-refractivity contribution is -0.127. The number of anilines is 2. The number of rotatable bonds is 9. The first-order chi connectivity index (χ1) is 15.7. The van der Waals surface area contributed by atoms with Crippen LogP contribution in [-0.4, -0.2) is 74.9 Å². The molecule has 1 amide bonds. The minimum Gasteiger partial charge on any atom is -0.389 e. The molecule has 2 fully saturated rings. The largest absolute Gasteiger partial charge is 0.389 e. The number of nitrogens with two attached hydrogens (primary N) is 1. The quantitative estimate of drug-likeness (QED) is 0.434. The van der Waals surface area contributed by atoms with Crippen LogP contribution in [0.4, 0.5) is 16.0 Å². The second-order valence-electron chi connectivity index (χ2n) is 9.13. The van der Waals surface area contributed by atoms with Crippen LogP contribution in [0, 0.1) is 12.7 Å². The predicted octanol–water partition coefficient (Wildman–Crippen LogP) is 0.788. The molecule has 0 radical (unpaired) electrons. The fraction of sp³-hybridized carbons (Fsp3) is 0.522. The number of primary amides is 1. The molecule has 0 bridgehead atoms. The van der Waals surface area contributed by atoms with Crippen LogP contribution in [0.1, 0.15) is 30.4 Å². The number of aromatic nitrogens is 2. The van der Waals surface area contributed by atoms with E-state index in [0.29, 0.717) is 13.1 Å². The van der Waals surface area contributed by atoms with E-state index in [1.807, 2.05) is 36.1 Å². The zero-order valence-electron chi connectivity index (χ0n) is 18.7. The summed E-state index contributed by atoms with van der Waals surface area (Å²) in [6, 6.07) is 8.35. The summed E-state index contributed by atoms with van der Waals surface area (Å²) < 4.78 is 15.4. The smallest absolute Gasteiger partial charge is 0.231 e. The Bertz CT molecular complexity index is 987. The van der Waals surface area contributed by atoms with E-state index in [1.54, 1.807) is 4.90 Å². The highest BCUT2D eigenvalue weighted by molar-refractivity contribution is 5.75. The van der Waals surface area contributed by atoms with Gasteiger partial charge in [-0.25, -0.2) is 9.97 Å². The minimum atomic E-state index is -1.48. The molecule has 1 aromatic heterocycles. The molecule has 2 aliphatic rings. The first-order valence-corrected chi connectivity index (χ1v) is 11.2. The fourth-order valence-corrected chi connectivity index (χ4v) is 4.17. The molecule has 2 heterocycles. The fourth-order valence-electron chi connectivity index (χ4n) is 4.17. The van der Waals surface area contributed by atoms with Crippen LogP contribution in [0.15, 0.2) is 30.6 Å². The Balaban J connectivity index is 1.45. The highest BCUT2D eigenvalue weighted by atomic mass is 19.1. The van der Waals surface area contributed by atoms with E-state index in [-0.39, 0.29) is 43.7 Å². The van der Waals surface area contributed by atoms with Crippen LogP contribution >= 0.6 is 0 Å². The number of nitrogens with one attached hydrogen (secondary N) is 1. The van der Waals surface area contributed by atoms with Crippen molar-refractivity contribution < 1.29 is 19.4 Å². The number of likely N-dealkylation sites (tertiary alicyclic amines) is 1. The molecule has 2 aromatic rings. The van der Waals surface area contributed by atoms with Gasteiger partial charge in [0, 0.05) is 32.2 Å². The van der Waals surface area contributed by atoms with Crippen LogP contribution in [0.25, 0.3) is 0 Å². The van der Waals surface area contributed by atoms with Gasteiger partial charge in [0.25, 0.3) is 0 Å². The lowest BCUT2D eigenvalue weighted by atomic mass is 9.88. The Kier molecular flexibility index (Phi) is 6.78. The molecule has 1 aliphatic heterocycles. The highest BCUT2D eigenvalue weighted by Crippen LogP contribution is 2.35. The Hall–Kier alpha value is -2.82. The molecule has 178 valence electrons. The standard InChI is InChI=1S/C23H31FN6O3/c1-15-2-4-16(5-3-15)10-30(17-6-7-17)22-20(24)21(27-14-28-22)26-13-23(33)8-9-29(11-18(23)31)12-19(25)32/h2-5,14,17-18,31,33H,6-13H2,1H3,(H2,25,32)(H,26,27,28)/t18-,23-/m1/s1. The van der Waals surface area contributed by atoms with Crippen molar-refractivity contribution in [2.75, 3.05) is 36.4 Å². The lowest BCUT2D eigenvalue weighted by Gasteiger charge is -2.41. The zero-order chi connectivity index (χ0) is 23.6. The van der Waals surface area contributed by atoms with E-state index in [9.17, 15) is 15.0 Å². The molecule has 1 saturated carbocycles. The Morgan fingerprint density at radius 2 is 2.06 bits per heavy atom. The number of aryl methyl sites for hydroxylation is 1. The van der Waals surface area contributed by atoms with Gasteiger partial charge < -0.3 is 26.2 Å². The van der Waals surface area contributed by atoms with Crippen LogP contribution in [0.3, 0.4) is 0 Å². The molecule has 9 nitrogen and oxygen atoms in total. The maximum Gasteiger partial charge on any atom is 0.231 e. The van der Waals surface area contributed by atoms with Gasteiger partial charge in [0.15, 0.2) is 11.6 Å². The average molecular weight is 459 g/mol. The molecule has 5 N–H and O–H groups in total. The molecule has 1 saturated heterocycles. The number of hydrogen-bond acceptors (Lipinski definition) is 8. The van der Waals surface area contributed by atoms with Crippen LogP contribution in [0.2, 0.25) is 0 Å². The van der Waals surface area contributed by atoms with E-state index >= 15 is 4.39 Å². The third kappa shape index (κ3) is 5.58. The van der Waals surface area contributed by atoms with Gasteiger partial charge in [-0.3, -0.25) is 9.69 Å². The predicted molar refractivity (Wildman–Crippen MR) is 122 cm³/mol. The van der Waals surface area contributed by atoms with Gasteiger partial charge in [0.05, 0.1) is 12.6 Å². The summed E-state index contributed by atoms with van der Waals surface area (Å²) in [5.74, 6) is -0.873. The van der Waals surface area contributed by atoms with Gasteiger partial charge in [0.2, 0.25) is 11.7 Å². The SMILES string of the molecule is Cc1ccc(CN(c2ncnc(NC[C@]3(O)CCN(CC(N)=O)C[C@H]3O)c2F)C2CC2)cc1. The van der Waals surface area contributed by atoms with Gasteiger partial charge in [-0.05, 0) is 31.7 Å². The van der Waals surface area contributed by atoms with Crippen LogP contribution in [-0.2, 0) is 11.3 Å². The second-order valence-corrected chi connectivity index (χ2v) is 9.13. The van der Waals surface area contributed by atoms with Crippen molar-refractivity contribution >= 4 is 17.5 Å². The van der Waals surface area contributed by atoms with Crippen molar-refractivity contribution in [1.29, 1.82) is 0 Å². The monoisotopic (exact) mass is 458 g/mol. The third-order valence-corrected chi connectivity index (χ3v) is 6.36. The van der Waals surface area contributed by atoms with E-state index in [4.69, 9.17) is 5.73 Å². The molecule has 2 atom stereocenters. The zero-order valence-corrected chi connectivity index (χ0v) is 18.7. The maximum absolute atomic E-state index is 15.4. The first-order valence-electron chi connectivity index (χ1n) is 11.2. The van der Waals surface area contributed by atoms with Crippen molar-refractivity contribution in [2.24, 2.45) is 5.73 Å². The summed E-state index contributed by atoms with van der Waals surface area (Å²) in [4.78, 5) is 23.0. The lowest BCUT2D eigenvalue weighted by Crippen LogP contribution is -2.59. The van der Waals surface area contributed by atoms with Crippen molar-refractivity contribution in [3.8, 4) is 0 Å². The van der Waals surface area contributed by atoms with Crippen molar-refractivity contribution in [3.05, 3.63) is 47.5 Å². The number of β-amino-alcohol motifs (C(OH)–C–C–N with tert-alkyl or cyclic N) is 1. The Morgan fingerprint density at radius 3 is 2.70 bits per heavy atom. The second kappa shape index (κ2) is 9.58. The van der Waals surface area contributed by atoms with Crippen molar-refractivity contribution in [1.82, 2.24) is 14.9 Å². The van der Waals surface area contributed by atoms with Crippen LogP contribution < -0.4 is 16.0 Å². The van der Waals surface area contributed by atoms with E-state index < -0.39 is 23.4 Å². The molecule has 1 aliphatic carbocycles. The molecular formula is C23H31FN6O3. The van der Waals surface area contributed by atoms with Gasteiger partial charge in [-0.2, -0.15) is 4.39 Å². The number of nitrogens with zero attached hydrogens (tertiary/aromatic N) is 4. The number of aliphatic hydroxyl groups excluding tert-OH is 1. The molecule has 0 spiro atoms. The normalized spacial score (nSPS) is 23.3. The van der Waals surface area contributed by atoms with Crippen molar-refractivity contribution in [2.45, 2.75) is 50.5 Å². The first kappa shape index (κ1) is 23.3. The van der Waals surface area contributed by atoms with E-state index in [0.717, 1.165) is 24.0 Å². The van der Waals surface area contributed by atoms with E-state index in [1.165, 1.54) is 6.33 Å². The summed E-state index contributed by atoms with van der Waals surface area (Å²) in [7, 11) is 0. The number of carbonyl (C=O) groups is 1. The molecular weight excluding hydrogens is 427 g/mol. The summed E-state index contributed by atoms with van der Waals surface area (Å²) in [5.41, 5.74) is 5.96. The van der Waals surface area contributed by atoms with Gasteiger partial charge in [0.1, 0.15) is 11.9 Å². The number of hydrogen-bond donors (Lipinski definition) is 4. The number of amides is 1. The Labute approximate surface area is 192 Å². The summed E-state index contributed by atoms with van der Waals surface area (Å²) in [6.45, 7) is 2.98. The topological polar surface area (TPSA) is 128 Å². The number of benzene rings is 1. The minimum absolute atomic E-state index is 0.0163. The van der Waals surface area contributed by atoms with Gasteiger partial charge in [-0.1, -0.05) is 29.8 Å². The molecule has 10 heteroatoms. The number of aliphatic hydroxyl groups is 2. The highest BCUT2D eigenvalue weighted by Gasteiger charge is 2.41. The molecule has 1 aromatic carbocycles. The number of piperidine rings is 1. The van der Waals surface area contributed by atoms with E-state index in [2.05, 4.69) is 15.3 Å². The summed E-state index contributed by atoms with van der Waals surface area (Å²) in [5, 5.41) is 24.2. The summed E-state index contributed by atoms with van der Waals surface area (Å²) >= 11 is 0.